The molecule has 1 spiro atoms. The van der Waals surface area contributed by atoms with E-state index in [0.29, 0.717) is 12.2 Å². The van der Waals surface area contributed by atoms with Gasteiger partial charge in [-0.05, 0) is 32.4 Å². The molecule has 0 amide bonds. The number of ether oxygens (including phenoxy) is 3. The Balaban J connectivity index is 1.85. The van der Waals surface area contributed by atoms with Gasteiger partial charge in [0, 0.05) is 42.7 Å². The molecule has 6 nitrogen and oxygen atoms in total. The van der Waals surface area contributed by atoms with Crippen LogP contribution in [0.15, 0.2) is 36.1 Å². The molecular weight excluding hydrogens is 406 g/mol. The number of hydrogen-bond donors (Lipinski definition) is 3. The standard InChI is InChI=1S/C26H41NO5/c1-8-27-22-15(4)23(29)21-19-10-9-18-12-20(30-7)17(6)31-24(16(5)28)13(2)11-14(3)26(18,21)32-25(19)22/h9-11,13,15-16,18-25,27-29H,6,8,12H2,1-5,7H3/b14-11+/t13-,15+,16?,18-,19-,20+,21+,22+,23-,24+,25-,26+/m1/s1. The zero-order chi connectivity index (χ0) is 23.4. The van der Waals surface area contributed by atoms with Crippen LogP contribution in [0.3, 0.4) is 0 Å². The summed E-state index contributed by atoms with van der Waals surface area (Å²) >= 11 is 0. The Morgan fingerprint density at radius 1 is 1.34 bits per heavy atom. The third-order valence-corrected chi connectivity index (χ3v) is 8.53. The van der Waals surface area contributed by atoms with Gasteiger partial charge < -0.3 is 29.7 Å². The zero-order valence-corrected chi connectivity index (χ0v) is 20.3. The minimum Gasteiger partial charge on any atom is -0.489 e. The topological polar surface area (TPSA) is 80.2 Å². The van der Waals surface area contributed by atoms with Gasteiger partial charge >= 0.3 is 0 Å². The molecule has 32 heavy (non-hydrogen) atoms. The second kappa shape index (κ2) is 8.88. The fourth-order valence-electron chi connectivity index (χ4n) is 7.02. The molecule has 0 aromatic heterocycles. The second-order valence-electron chi connectivity index (χ2n) is 10.4. The van der Waals surface area contributed by atoms with Gasteiger partial charge in [-0.1, -0.05) is 45.6 Å². The van der Waals surface area contributed by atoms with Crippen molar-refractivity contribution in [1.29, 1.82) is 0 Å². The number of likely N-dealkylation sites (N-methyl/N-ethyl adjacent to an activating group) is 1. The van der Waals surface area contributed by atoms with Crippen molar-refractivity contribution in [2.75, 3.05) is 13.7 Å². The van der Waals surface area contributed by atoms with Gasteiger partial charge in [0.25, 0.3) is 0 Å². The highest BCUT2D eigenvalue weighted by molar-refractivity contribution is 5.35. The number of aliphatic hydroxyl groups is 2. The van der Waals surface area contributed by atoms with Gasteiger partial charge in [-0.3, -0.25) is 0 Å². The summed E-state index contributed by atoms with van der Waals surface area (Å²) in [6.07, 6.45) is 5.45. The highest BCUT2D eigenvalue weighted by Gasteiger charge is 2.67. The van der Waals surface area contributed by atoms with Gasteiger partial charge in [0.05, 0.1) is 18.3 Å². The van der Waals surface area contributed by atoms with Gasteiger partial charge in [-0.2, -0.15) is 0 Å². The van der Waals surface area contributed by atoms with Crippen LogP contribution in [0.4, 0.5) is 0 Å². The Kier molecular flexibility index (Phi) is 6.65. The monoisotopic (exact) mass is 447 g/mol. The predicted octanol–water partition coefficient (Wildman–Crippen LogP) is 2.81. The van der Waals surface area contributed by atoms with Crippen molar-refractivity contribution in [3.05, 3.63) is 36.1 Å². The average Bonchev–Trinajstić information content (AvgIpc) is 2.94. The molecule has 4 aliphatic rings. The van der Waals surface area contributed by atoms with E-state index in [1.807, 2.05) is 0 Å². The quantitative estimate of drug-likeness (QED) is 0.575. The van der Waals surface area contributed by atoms with Gasteiger partial charge in [0.2, 0.25) is 0 Å². The molecule has 2 aliphatic heterocycles. The van der Waals surface area contributed by atoms with Crippen LogP contribution in [0, 0.1) is 29.6 Å². The first-order chi connectivity index (χ1) is 15.2. The van der Waals surface area contributed by atoms with Crippen LogP contribution >= 0.6 is 0 Å². The van der Waals surface area contributed by atoms with Gasteiger partial charge in [0.1, 0.15) is 23.6 Å². The van der Waals surface area contributed by atoms with Crippen LogP contribution in [0.5, 0.6) is 0 Å². The van der Waals surface area contributed by atoms with Crippen LogP contribution in [0.1, 0.15) is 41.0 Å². The summed E-state index contributed by atoms with van der Waals surface area (Å²) in [6.45, 7) is 15.1. The van der Waals surface area contributed by atoms with Crippen molar-refractivity contribution < 1.29 is 24.4 Å². The lowest BCUT2D eigenvalue weighted by Gasteiger charge is -2.49. The molecule has 2 heterocycles. The minimum absolute atomic E-state index is 0.00852. The Morgan fingerprint density at radius 3 is 2.69 bits per heavy atom. The molecule has 12 atom stereocenters. The highest BCUT2D eigenvalue weighted by Crippen LogP contribution is 2.60. The van der Waals surface area contributed by atoms with Crippen molar-refractivity contribution in [2.24, 2.45) is 29.6 Å². The first-order valence-corrected chi connectivity index (χ1v) is 12.2. The molecule has 0 aromatic rings. The maximum Gasteiger partial charge on any atom is 0.130 e. The smallest absolute Gasteiger partial charge is 0.130 e. The molecule has 2 aliphatic carbocycles. The van der Waals surface area contributed by atoms with Crippen molar-refractivity contribution in [1.82, 2.24) is 5.32 Å². The summed E-state index contributed by atoms with van der Waals surface area (Å²) in [5, 5.41) is 25.6. The van der Waals surface area contributed by atoms with E-state index in [1.165, 1.54) is 0 Å². The number of nitrogens with one attached hydrogen (secondary N) is 1. The lowest BCUT2D eigenvalue weighted by molar-refractivity contribution is -0.0899. The van der Waals surface area contributed by atoms with Crippen molar-refractivity contribution in [3.63, 3.8) is 0 Å². The molecule has 4 bridgehead atoms. The van der Waals surface area contributed by atoms with Gasteiger partial charge in [-0.15, -0.1) is 0 Å². The Morgan fingerprint density at radius 2 is 2.06 bits per heavy atom. The van der Waals surface area contributed by atoms with E-state index in [2.05, 4.69) is 57.8 Å². The molecule has 1 unspecified atom stereocenters. The van der Waals surface area contributed by atoms with E-state index in [-0.39, 0.29) is 47.8 Å². The number of hydrogen-bond acceptors (Lipinski definition) is 6. The molecule has 1 saturated carbocycles. The SMILES string of the molecule is C=C1O[C@H](C(C)O)[C@H](C)/C=C(\C)[C@]23O[C@@H]4[C@H](C=C[C@@H]2C[C@@H]1OC)[C@H]3[C@H](O)[C@@H](C)[C@@H]4NCC. The van der Waals surface area contributed by atoms with Gasteiger partial charge in [-0.25, -0.2) is 0 Å². The van der Waals surface area contributed by atoms with Crippen LogP contribution < -0.4 is 5.32 Å². The molecule has 4 rings (SSSR count). The van der Waals surface area contributed by atoms with E-state index in [0.717, 1.165) is 12.1 Å². The number of methoxy groups -OCH3 is 1. The molecule has 1 saturated heterocycles. The number of aliphatic hydroxyl groups excluding tert-OH is 2. The van der Waals surface area contributed by atoms with Crippen LogP contribution in [-0.2, 0) is 14.2 Å². The first kappa shape index (κ1) is 24.0. The summed E-state index contributed by atoms with van der Waals surface area (Å²) in [5.41, 5.74) is 0.491. The third-order valence-electron chi connectivity index (χ3n) is 8.53. The first-order valence-electron chi connectivity index (χ1n) is 12.2. The third kappa shape index (κ3) is 3.50. The average molecular weight is 448 g/mol. The molecule has 6 heteroatoms. The Hall–Kier alpha value is -1.18. The van der Waals surface area contributed by atoms with E-state index in [4.69, 9.17) is 14.2 Å². The van der Waals surface area contributed by atoms with Crippen molar-refractivity contribution in [3.8, 4) is 0 Å². The molecule has 0 radical (unpaired) electrons. The zero-order valence-electron chi connectivity index (χ0n) is 20.3. The van der Waals surface area contributed by atoms with Crippen LogP contribution in [0.2, 0.25) is 0 Å². The lowest BCUT2D eigenvalue weighted by Crippen LogP contribution is -2.59. The fraction of sp³-hybridized carbons (Fsp3) is 0.769. The molecule has 180 valence electrons. The summed E-state index contributed by atoms with van der Waals surface area (Å²) in [5.74, 6) is 0.722. The van der Waals surface area contributed by atoms with Crippen LogP contribution in [-0.4, -0.2) is 66.0 Å². The Bertz CT molecular complexity index is 778. The number of rotatable bonds is 4. The summed E-state index contributed by atoms with van der Waals surface area (Å²) in [4.78, 5) is 0. The largest absolute Gasteiger partial charge is 0.489 e. The summed E-state index contributed by atoms with van der Waals surface area (Å²) in [7, 11) is 1.67. The molecular formula is C26H41NO5. The summed E-state index contributed by atoms with van der Waals surface area (Å²) in [6, 6.07) is 0.0985. The minimum atomic E-state index is -0.664. The highest BCUT2D eigenvalue weighted by atomic mass is 16.5. The van der Waals surface area contributed by atoms with E-state index in [1.54, 1.807) is 14.0 Å². The Labute approximate surface area is 192 Å². The maximum atomic E-state index is 11.6. The predicted molar refractivity (Wildman–Crippen MR) is 124 cm³/mol. The summed E-state index contributed by atoms with van der Waals surface area (Å²) < 4.78 is 19.0. The molecule has 2 fully saturated rings. The molecule has 3 N–H and O–H groups in total. The maximum absolute atomic E-state index is 11.6. The van der Waals surface area contributed by atoms with Gasteiger partial charge in [0.15, 0.2) is 0 Å². The molecule has 0 aromatic carbocycles. The van der Waals surface area contributed by atoms with E-state index < -0.39 is 23.9 Å². The van der Waals surface area contributed by atoms with Crippen molar-refractivity contribution >= 4 is 0 Å². The van der Waals surface area contributed by atoms with E-state index >= 15 is 0 Å². The second-order valence-corrected chi connectivity index (χ2v) is 10.4. The van der Waals surface area contributed by atoms with E-state index in [9.17, 15) is 10.2 Å². The normalized spacial score (nSPS) is 50.8. The lowest BCUT2D eigenvalue weighted by atomic mass is 9.57. The van der Waals surface area contributed by atoms with Crippen LogP contribution in [0.25, 0.3) is 0 Å². The van der Waals surface area contributed by atoms with Crippen molar-refractivity contribution in [2.45, 2.75) is 83.2 Å². The fourth-order valence-corrected chi connectivity index (χ4v) is 7.02.